The van der Waals surface area contributed by atoms with E-state index in [0.29, 0.717) is 11.3 Å². The fourth-order valence-corrected chi connectivity index (χ4v) is 1.74. The van der Waals surface area contributed by atoms with Crippen molar-refractivity contribution in [3.63, 3.8) is 0 Å². The molecule has 1 aromatic heterocycles. The second kappa shape index (κ2) is 5.05. The number of rotatable bonds is 4. The molecule has 0 aliphatic carbocycles. The van der Waals surface area contributed by atoms with Crippen molar-refractivity contribution in [1.82, 2.24) is 5.16 Å². The van der Waals surface area contributed by atoms with Crippen LogP contribution in [0.25, 0.3) is 11.3 Å². The van der Waals surface area contributed by atoms with Gasteiger partial charge in [0.05, 0.1) is 26.9 Å². The van der Waals surface area contributed by atoms with E-state index in [2.05, 4.69) is 5.16 Å². The van der Waals surface area contributed by atoms with Gasteiger partial charge in [-0.25, -0.2) is 0 Å². The van der Waals surface area contributed by atoms with Crippen LogP contribution in [0, 0.1) is 5.82 Å². The highest BCUT2D eigenvalue weighted by atomic mass is 19.1. The number of hydrogen-bond acceptors (Lipinski definition) is 6. The van der Waals surface area contributed by atoms with Gasteiger partial charge in [0, 0.05) is 6.07 Å². The van der Waals surface area contributed by atoms with E-state index in [1.807, 2.05) is 0 Å². The second-order valence-electron chi connectivity index (χ2n) is 3.62. The summed E-state index contributed by atoms with van der Waals surface area (Å²) in [4.78, 5) is 0. The summed E-state index contributed by atoms with van der Waals surface area (Å²) in [5, 5.41) is 3.72. The van der Waals surface area contributed by atoms with Crippen molar-refractivity contribution < 1.29 is 23.1 Å². The highest BCUT2D eigenvalue weighted by Gasteiger charge is 2.23. The fraction of sp³-hybridized carbons (Fsp3) is 0.250. The van der Waals surface area contributed by atoms with Crippen LogP contribution < -0.4 is 19.9 Å². The summed E-state index contributed by atoms with van der Waals surface area (Å²) in [6.45, 7) is 0. The number of anilines is 1. The van der Waals surface area contributed by atoms with E-state index in [4.69, 9.17) is 24.5 Å². The molecule has 0 atom stereocenters. The van der Waals surface area contributed by atoms with Crippen LogP contribution in [0.1, 0.15) is 0 Å². The smallest absolute Gasteiger partial charge is 0.222 e. The minimum absolute atomic E-state index is 0.0223. The van der Waals surface area contributed by atoms with Crippen LogP contribution in [0.4, 0.5) is 10.3 Å². The van der Waals surface area contributed by atoms with Crippen LogP contribution in [0.3, 0.4) is 0 Å². The molecule has 2 N–H and O–H groups in total. The number of nitrogens with two attached hydrogens (primary N) is 1. The maximum atomic E-state index is 14.3. The molecule has 0 unspecified atom stereocenters. The van der Waals surface area contributed by atoms with Gasteiger partial charge in [0.15, 0.2) is 11.5 Å². The van der Waals surface area contributed by atoms with E-state index in [1.54, 1.807) is 0 Å². The van der Waals surface area contributed by atoms with Gasteiger partial charge in [-0.1, -0.05) is 5.16 Å². The number of ether oxygens (including phenoxy) is 3. The van der Waals surface area contributed by atoms with Crippen molar-refractivity contribution in [3.8, 4) is 28.5 Å². The van der Waals surface area contributed by atoms with E-state index < -0.39 is 5.82 Å². The predicted octanol–water partition coefficient (Wildman–Crippen LogP) is 2.09. The van der Waals surface area contributed by atoms with Gasteiger partial charge in [-0.2, -0.15) is 4.39 Å². The van der Waals surface area contributed by atoms with Gasteiger partial charge in [-0.05, 0) is 6.07 Å². The molecule has 2 rings (SSSR count). The molecule has 19 heavy (non-hydrogen) atoms. The number of methoxy groups -OCH3 is 3. The molecule has 0 radical (unpaired) electrons. The van der Waals surface area contributed by atoms with Crippen LogP contribution in [-0.2, 0) is 0 Å². The second-order valence-corrected chi connectivity index (χ2v) is 3.62. The molecule has 102 valence electrons. The molecule has 0 aliphatic heterocycles. The number of halogens is 1. The van der Waals surface area contributed by atoms with Gasteiger partial charge in [-0.3, -0.25) is 0 Å². The summed E-state index contributed by atoms with van der Waals surface area (Å²) in [5.74, 6) is -0.406. The Bertz CT molecular complexity index is 598. The molecule has 0 aliphatic rings. The van der Waals surface area contributed by atoms with Crippen molar-refractivity contribution in [3.05, 3.63) is 17.9 Å². The molecule has 2 aromatic rings. The Morgan fingerprint density at radius 1 is 1.11 bits per heavy atom. The first-order valence-electron chi connectivity index (χ1n) is 5.33. The Morgan fingerprint density at radius 2 is 1.79 bits per heavy atom. The zero-order valence-electron chi connectivity index (χ0n) is 10.7. The quantitative estimate of drug-likeness (QED) is 0.914. The third-order valence-corrected chi connectivity index (χ3v) is 2.58. The van der Waals surface area contributed by atoms with E-state index in [0.717, 1.165) is 0 Å². The van der Waals surface area contributed by atoms with Crippen LogP contribution in [0.15, 0.2) is 16.7 Å². The summed E-state index contributed by atoms with van der Waals surface area (Å²) in [7, 11) is 4.09. The number of hydrogen-bond donors (Lipinski definition) is 1. The Balaban J connectivity index is 2.69. The minimum Gasteiger partial charge on any atom is -0.493 e. The maximum absolute atomic E-state index is 14.3. The average molecular weight is 268 g/mol. The van der Waals surface area contributed by atoms with Crippen LogP contribution >= 0.6 is 0 Å². The van der Waals surface area contributed by atoms with Crippen LogP contribution in [0.5, 0.6) is 17.2 Å². The zero-order valence-corrected chi connectivity index (χ0v) is 10.7. The van der Waals surface area contributed by atoms with Gasteiger partial charge in [0.25, 0.3) is 0 Å². The molecule has 0 amide bonds. The molecule has 1 aromatic carbocycles. The fourth-order valence-electron chi connectivity index (χ4n) is 1.74. The maximum Gasteiger partial charge on any atom is 0.222 e. The summed E-state index contributed by atoms with van der Waals surface area (Å²) in [5.41, 5.74) is 6.15. The Morgan fingerprint density at radius 3 is 2.26 bits per heavy atom. The molecule has 6 nitrogen and oxygen atoms in total. The van der Waals surface area contributed by atoms with Crippen molar-refractivity contribution in [2.24, 2.45) is 0 Å². The lowest BCUT2D eigenvalue weighted by molar-refractivity contribution is 0.321. The van der Waals surface area contributed by atoms with Crippen molar-refractivity contribution >= 4 is 5.88 Å². The summed E-state index contributed by atoms with van der Waals surface area (Å²) >= 11 is 0. The molecular formula is C12H13FN2O4. The summed E-state index contributed by atoms with van der Waals surface area (Å²) in [6.07, 6.45) is 0. The average Bonchev–Trinajstić information content (AvgIpc) is 2.84. The summed E-state index contributed by atoms with van der Waals surface area (Å²) < 4.78 is 34.1. The molecule has 1 heterocycles. The zero-order chi connectivity index (χ0) is 14.0. The van der Waals surface area contributed by atoms with E-state index >= 15 is 0 Å². The van der Waals surface area contributed by atoms with Crippen molar-refractivity contribution in [2.75, 3.05) is 27.1 Å². The van der Waals surface area contributed by atoms with E-state index in [1.165, 1.54) is 33.5 Å². The van der Waals surface area contributed by atoms with Crippen LogP contribution in [0.2, 0.25) is 0 Å². The normalized spacial score (nSPS) is 10.3. The molecule has 0 bridgehead atoms. The third kappa shape index (κ3) is 2.14. The van der Waals surface area contributed by atoms with Gasteiger partial charge in [0.1, 0.15) is 5.69 Å². The summed E-state index contributed by atoms with van der Waals surface area (Å²) in [6, 6.07) is 3.00. The third-order valence-electron chi connectivity index (χ3n) is 2.58. The monoisotopic (exact) mass is 268 g/mol. The lowest BCUT2D eigenvalue weighted by atomic mass is 10.1. The van der Waals surface area contributed by atoms with Gasteiger partial charge >= 0.3 is 0 Å². The molecular weight excluding hydrogens is 255 g/mol. The topological polar surface area (TPSA) is 79.7 Å². The number of aromatic nitrogens is 1. The lowest BCUT2D eigenvalue weighted by Gasteiger charge is -2.14. The molecule has 7 heteroatoms. The standard InChI is InChI=1S/C12H13FN2O4/c1-16-8-4-6(7-5-9(14)19-15-7)11(17-2)10(13)12(8)18-3/h4-5H,14H2,1-3H3. The van der Waals surface area contributed by atoms with Crippen molar-refractivity contribution in [1.29, 1.82) is 0 Å². The highest BCUT2D eigenvalue weighted by Crippen LogP contribution is 2.43. The largest absolute Gasteiger partial charge is 0.493 e. The number of nitrogen functional groups attached to an aromatic ring is 1. The Kier molecular flexibility index (Phi) is 3.46. The number of benzene rings is 1. The number of nitrogens with zero attached hydrogens (tertiary/aromatic N) is 1. The van der Waals surface area contributed by atoms with Crippen LogP contribution in [-0.4, -0.2) is 26.5 Å². The SMILES string of the molecule is COc1cc(-c2cc(N)on2)c(OC)c(F)c1OC. The Labute approximate surface area is 108 Å². The molecule has 0 spiro atoms. The van der Waals surface area contributed by atoms with Crippen molar-refractivity contribution in [2.45, 2.75) is 0 Å². The Hall–Kier alpha value is -2.44. The minimum atomic E-state index is -0.680. The lowest BCUT2D eigenvalue weighted by Crippen LogP contribution is -1.99. The van der Waals surface area contributed by atoms with Gasteiger partial charge in [-0.15, -0.1) is 0 Å². The molecule has 0 fully saturated rings. The van der Waals surface area contributed by atoms with E-state index in [-0.39, 0.29) is 23.1 Å². The predicted molar refractivity (Wildman–Crippen MR) is 66.0 cm³/mol. The first-order chi connectivity index (χ1) is 9.12. The van der Waals surface area contributed by atoms with Gasteiger partial charge < -0.3 is 24.5 Å². The molecule has 0 saturated carbocycles. The highest BCUT2D eigenvalue weighted by molar-refractivity contribution is 5.73. The van der Waals surface area contributed by atoms with E-state index in [9.17, 15) is 4.39 Å². The first kappa shape index (κ1) is 13.0. The van der Waals surface area contributed by atoms with Gasteiger partial charge in [0.2, 0.25) is 17.5 Å². The first-order valence-corrected chi connectivity index (χ1v) is 5.33. The molecule has 0 saturated heterocycles.